The lowest BCUT2D eigenvalue weighted by Crippen LogP contribution is -2.40. The summed E-state index contributed by atoms with van der Waals surface area (Å²) in [5, 5.41) is 2.86. The van der Waals surface area contributed by atoms with Crippen molar-refractivity contribution >= 4 is 23.2 Å². The molecule has 2 amide bonds. The van der Waals surface area contributed by atoms with Crippen molar-refractivity contribution in [1.29, 1.82) is 0 Å². The number of rotatable bonds is 4. The van der Waals surface area contributed by atoms with E-state index in [1.54, 1.807) is 4.90 Å². The van der Waals surface area contributed by atoms with E-state index in [0.29, 0.717) is 12.3 Å². The molecule has 2 aromatic rings. The largest absolute Gasteiger partial charge is 0.482 e. The first kappa shape index (κ1) is 16.1. The number of ether oxygens (including phenoxy) is 1. The topological polar surface area (TPSA) is 58.6 Å². The molecule has 124 valence electrons. The molecule has 0 atom stereocenters. The highest BCUT2D eigenvalue weighted by atomic mass is 16.5. The van der Waals surface area contributed by atoms with E-state index in [1.165, 1.54) is 0 Å². The summed E-state index contributed by atoms with van der Waals surface area (Å²) in [6.07, 6.45) is 0.229. The lowest BCUT2D eigenvalue weighted by molar-refractivity contribution is -0.121. The summed E-state index contributed by atoms with van der Waals surface area (Å²) in [4.78, 5) is 26.0. The van der Waals surface area contributed by atoms with Gasteiger partial charge in [-0.05, 0) is 49.2 Å². The Morgan fingerprint density at radius 2 is 1.96 bits per heavy atom. The first-order valence-corrected chi connectivity index (χ1v) is 7.93. The third-order valence-corrected chi connectivity index (χ3v) is 3.92. The Morgan fingerprint density at radius 3 is 2.75 bits per heavy atom. The molecule has 0 bridgehead atoms. The van der Waals surface area contributed by atoms with Crippen LogP contribution in [0.15, 0.2) is 42.5 Å². The fraction of sp³-hybridized carbons (Fsp3) is 0.263. The predicted molar refractivity (Wildman–Crippen MR) is 93.5 cm³/mol. The summed E-state index contributed by atoms with van der Waals surface area (Å²) >= 11 is 0. The van der Waals surface area contributed by atoms with Gasteiger partial charge in [0.15, 0.2) is 6.61 Å². The summed E-state index contributed by atoms with van der Waals surface area (Å²) in [5.74, 6) is 0.435. The van der Waals surface area contributed by atoms with E-state index in [0.717, 1.165) is 22.5 Å². The van der Waals surface area contributed by atoms with Crippen LogP contribution >= 0.6 is 0 Å². The Labute approximate surface area is 141 Å². The number of carbonyl (C=O) groups excluding carboxylic acids is 2. The maximum Gasteiger partial charge on any atom is 0.265 e. The molecular formula is C19H20N2O3. The molecule has 3 rings (SSSR count). The number of carbonyl (C=O) groups is 2. The third-order valence-electron chi connectivity index (χ3n) is 3.92. The number of nitrogens with one attached hydrogen (secondary N) is 1. The number of aryl methyl sites for hydroxylation is 2. The van der Waals surface area contributed by atoms with Crippen LogP contribution in [0.1, 0.15) is 17.5 Å². The molecule has 0 aliphatic carbocycles. The van der Waals surface area contributed by atoms with Crippen molar-refractivity contribution in [3.63, 3.8) is 0 Å². The molecule has 0 saturated carbocycles. The molecule has 2 aromatic carbocycles. The minimum Gasteiger partial charge on any atom is -0.482 e. The average molecular weight is 324 g/mol. The van der Waals surface area contributed by atoms with E-state index in [-0.39, 0.29) is 24.8 Å². The van der Waals surface area contributed by atoms with E-state index in [4.69, 9.17) is 4.74 Å². The fourth-order valence-corrected chi connectivity index (χ4v) is 2.72. The van der Waals surface area contributed by atoms with Crippen molar-refractivity contribution in [3.05, 3.63) is 53.6 Å². The molecule has 24 heavy (non-hydrogen) atoms. The standard InChI is InChI=1S/C19H20N2O3/c1-13-4-3-5-15(10-13)20-18(22)8-9-21-16-11-14(2)6-7-17(16)24-12-19(21)23/h3-7,10-11H,8-9,12H2,1-2H3,(H,20,22). The Morgan fingerprint density at radius 1 is 1.17 bits per heavy atom. The van der Waals surface area contributed by atoms with Gasteiger partial charge in [-0.25, -0.2) is 0 Å². The number of amides is 2. The van der Waals surface area contributed by atoms with E-state index in [2.05, 4.69) is 5.32 Å². The molecule has 1 N–H and O–H groups in total. The van der Waals surface area contributed by atoms with Gasteiger partial charge < -0.3 is 15.0 Å². The smallest absolute Gasteiger partial charge is 0.265 e. The summed E-state index contributed by atoms with van der Waals surface area (Å²) in [6, 6.07) is 13.3. The second-order valence-electron chi connectivity index (χ2n) is 5.97. The summed E-state index contributed by atoms with van der Waals surface area (Å²) in [5.41, 5.74) is 3.63. The van der Waals surface area contributed by atoms with Crippen molar-refractivity contribution in [2.75, 3.05) is 23.4 Å². The van der Waals surface area contributed by atoms with Crippen molar-refractivity contribution in [2.45, 2.75) is 20.3 Å². The van der Waals surface area contributed by atoms with Gasteiger partial charge in [0.1, 0.15) is 5.75 Å². The number of benzene rings is 2. The van der Waals surface area contributed by atoms with Crippen LogP contribution in [0.2, 0.25) is 0 Å². The molecule has 0 radical (unpaired) electrons. The highest BCUT2D eigenvalue weighted by molar-refractivity contribution is 5.99. The Bertz CT molecular complexity index is 786. The number of hydrogen-bond donors (Lipinski definition) is 1. The van der Waals surface area contributed by atoms with E-state index in [1.807, 2.05) is 56.3 Å². The second-order valence-corrected chi connectivity index (χ2v) is 5.97. The number of nitrogens with zero attached hydrogens (tertiary/aromatic N) is 1. The summed E-state index contributed by atoms with van der Waals surface area (Å²) < 4.78 is 5.44. The zero-order valence-corrected chi connectivity index (χ0v) is 13.8. The number of anilines is 2. The Hall–Kier alpha value is -2.82. The van der Waals surface area contributed by atoms with Crippen molar-refractivity contribution in [3.8, 4) is 5.75 Å². The molecule has 5 heteroatoms. The minimum absolute atomic E-state index is 0.00948. The average Bonchev–Trinajstić information content (AvgIpc) is 2.54. The van der Waals surface area contributed by atoms with Gasteiger partial charge >= 0.3 is 0 Å². The Balaban J connectivity index is 1.67. The van der Waals surface area contributed by atoms with Gasteiger partial charge in [-0.3, -0.25) is 9.59 Å². The lowest BCUT2D eigenvalue weighted by atomic mass is 10.1. The monoisotopic (exact) mass is 324 g/mol. The summed E-state index contributed by atoms with van der Waals surface area (Å²) in [6.45, 7) is 4.27. The molecule has 1 heterocycles. The first-order valence-electron chi connectivity index (χ1n) is 7.93. The predicted octanol–water partition coefficient (Wildman–Crippen LogP) is 3.06. The normalized spacial score (nSPS) is 13.2. The van der Waals surface area contributed by atoms with Crippen LogP contribution in [0.3, 0.4) is 0 Å². The van der Waals surface area contributed by atoms with Gasteiger partial charge in [0, 0.05) is 18.7 Å². The van der Waals surface area contributed by atoms with Gasteiger partial charge in [0.25, 0.3) is 5.91 Å². The molecule has 0 saturated heterocycles. The molecule has 1 aliphatic heterocycles. The van der Waals surface area contributed by atoms with E-state index in [9.17, 15) is 9.59 Å². The van der Waals surface area contributed by atoms with Crippen LogP contribution in [-0.2, 0) is 9.59 Å². The quantitative estimate of drug-likeness (QED) is 0.940. The highest BCUT2D eigenvalue weighted by Crippen LogP contribution is 2.32. The molecule has 0 aromatic heterocycles. The van der Waals surface area contributed by atoms with Crippen LogP contribution in [-0.4, -0.2) is 25.0 Å². The maximum absolute atomic E-state index is 12.2. The van der Waals surface area contributed by atoms with Gasteiger partial charge in [-0.1, -0.05) is 18.2 Å². The highest BCUT2D eigenvalue weighted by Gasteiger charge is 2.25. The molecular weight excluding hydrogens is 304 g/mol. The fourth-order valence-electron chi connectivity index (χ4n) is 2.72. The molecule has 1 aliphatic rings. The zero-order chi connectivity index (χ0) is 17.1. The molecule has 0 fully saturated rings. The van der Waals surface area contributed by atoms with Crippen LogP contribution < -0.4 is 15.0 Å². The second kappa shape index (κ2) is 6.74. The van der Waals surface area contributed by atoms with E-state index >= 15 is 0 Å². The van der Waals surface area contributed by atoms with Crippen LogP contribution in [0.25, 0.3) is 0 Å². The number of hydrogen-bond acceptors (Lipinski definition) is 3. The maximum atomic E-state index is 12.2. The van der Waals surface area contributed by atoms with Gasteiger partial charge in [0.2, 0.25) is 5.91 Å². The van der Waals surface area contributed by atoms with Crippen molar-refractivity contribution in [2.24, 2.45) is 0 Å². The SMILES string of the molecule is Cc1cccc(NC(=O)CCN2C(=O)COc3ccc(C)cc32)c1. The molecule has 0 spiro atoms. The zero-order valence-electron chi connectivity index (χ0n) is 13.8. The van der Waals surface area contributed by atoms with Crippen LogP contribution in [0.4, 0.5) is 11.4 Å². The molecule has 5 nitrogen and oxygen atoms in total. The van der Waals surface area contributed by atoms with Gasteiger partial charge in [0.05, 0.1) is 5.69 Å². The summed E-state index contributed by atoms with van der Waals surface area (Å²) in [7, 11) is 0. The van der Waals surface area contributed by atoms with Gasteiger partial charge in [-0.15, -0.1) is 0 Å². The van der Waals surface area contributed by atoms with Crippen molar-refractivity contribution in [1.82, 2.24) is 0 Å². The number of fused-ring (bicyclic) bond motifs is 1. The lowest BCUT2D eigenvalue weighted by Gasteiger charge is -2.29. The third kappa shape index (κ3) is 3.56. The van der Waals surface area contributed by atoms with Crippen molar-refractivity contribution < 1.29 is 14.3 Å². The Kier molecular flexibility index (Phi) is 4.51. The minimum atomic E-state index is -0.128. The molecule has 0 unspecified atom stereocenters. The van der Waals surface area contributed by atoms with E-state index < -0.39 is 0 Å². The van der Waals surface area contributed by atoms with Crippen LogP contribution in [0.5, 0.6) is 5.75 Å². The van der Waals surface area contributed by atoms with Crippen LogP contribution in [0, 0.1) is 13.8 Å². The first-order chi connectivity index (χ1) is 11.5. The van der Waals surface area contributed by atoms with Gasteiger partial charge in [-0.2, -0.15) is 0 Å².